The normalized spacial score (nSPS) is 15.4. The van der Waals surface area contributed by atoms with E-state index in [1.165, 1.54) is 18.2 Å². The number of carbonyl (C=O) groups excluding carboxylic acids is 2. The minimum Gasteiger partial charge on any atom is -0.490 e. The van der Waals surface area contributed by atoms with Crippen LogP contribution < -0.4 is 14.8 Å². The summed E-state index contributed by atoms with van der Waals surface area (Å²) >= 11 is 0. The van der Waals surface area contributed by atoms with Crippen LogP contribution in [0.4, 0.5) is 8.78 Å². The minimum absolute atomic E-state index is 0.0190. The minimum atomic E-state index is -3.03. The van der Waals surface area contributed by atoms with Gasteiger partial charge >= 0.3 is 12.6 Å². The summed E-state index contributed by atoms with van der Waals surface area (Å²) in [4.78, 5) is 24.3. The third kappa shape index (κ3) is 5.81. The summed E-state index contributed by atoms with van der Waals surface area (Å²) < 4.78 is 39.4. The molecule has 0 aliphatic heterocycles. The van der Waals surface area contributed by atoms with Gasteiger partial charge in [0, 0.05) is 0 Å². The molecule has 1 saturated carbocycles. The number of amides is 1. The number of halogens is 2. The first kappa shape index (κ1) is 21.4. The van der Waals surface area contributed by atoms with Gasteiger partial charge in [0.2, 0.25) is 0 Å². The van der Waals surface area contributed by atoms with Crippen LogP contribution in [0.1, 0.15) is 49.4 Å². The first-order chi connectivity index (χ1) is 13.4. The molecule has 2 rings (SSSR count). The number of esters is 1. The first-order valence-electron chi connectivity index (χ1n) is 9.00. The zero-order valence-electron chi connectivity index (χ0n) is 15.5. The Bertz CT molecular complexity index is 742. The molecule has 9 heteroatoms. The highest BCUT2D eigenvalue weighted by Crippen LogP contribution is 2.30. The lowest BCUT2D eigenvalue weighted by Crippen LogP contribution is -2.50. The predicted octanol–water partition coefficient (Wildman–Crippen LogP) is 3.19. The maximum absolute atomic E-state index is 12.4. The number of hydrogen-bond donors (Lipinski definition) is 1. The molecule has 0 aromatic heterocycles. The number of nitriles is 1. The van der Waals surface area contributed by atoms with Crippen LogP contribution in [0.15, 0.2) is 18.2 Å². The summed E-state index contributed by atoms with van der Waals surface area (Å²) in [6.07, 6.45) is 3.84. The Balaban J connectivity index is 1.97. The number of nitrogens with zero attached hydrogens (tertiary/aromatic N) is 1. The standard InChI is InChI=1S/C19H22F2N2O5/c1-2-26-15-10-13(6-7-14(15)28-18(20)21)17(25)27-11-16(24)23-19(12-22)8-4-3-5-9-19/h6-7,10,18H,2-5,8-9,11H2,1H3,(H,23,24). The van der Waals surface area contributed by atoms with Gasteiger partial charge < -0.3 is 19.5 Å². The largest absolute Gasteiger partial charge is 0.490 e. The van der Waals surface area contributed by atoms with Crippen LogP contribution in [-0.4, -0.2) is 37.2 Å². The highest BCUT2D eigenvalue weighted by atomic mass is 19.3. The van der Waals surface area contributed by atoms with Gasteiger partial charge in [-0.15, -0.1) is 0 Å². The van der Waals surface area contributed by atoms with Gasteiger partial charge in [0.25, 0.3) is 5.91 Å². The molecule has 0 unspecified atom stereocenters. The van der Waals surface area contributed by atoms with Gasteiger partial charge in [-0.1, -0.05) is 19.3 Å². The average molecular weight is 396 g/mol. The summed E-state index contributed by atoms with van der Waals surface area (Å²) in [5.41, 5.74) is -0.900. The fourth-order valence-corrected chi connectivity index (χ4v) is 3.03. The summed E-state index contributed by atoms with van der Waals surface area (Å²) in [6.45, 7) is -1.76. The van der Waals surface area contributed by atoms with Gasteiger partial charge in [-0.3, -0.25) is 4.79 Å². The van der Waals surface area contributed by atoms with E-state index in [1.54, 1.807) is 6.92 Å². The number of ether oxygens (including phenoxy) is 3. The summed E-state index contributed by atoms with van der Waals surface area (Å²) in [6, 6.07) is 5.76. The predicted molar refractivity (Wildman–Crippen MR) is 94.1 cm³/mol. The molecule has 0 atom stereocenters. The molecule has 7 nitrogen and oxygen atoms in total. The molecule has 0 bridgehead atoms. The molecule has 0 spiro atoms. The molecule has 1 fully saturated rings. The SMILES string of the molecule is CCOc1cc(C(=O)OCC(=O)NC2(C#N)CCCCC2)ccc1OC(F)F. The highest BCUT2D eigenvalue weighted by molar-refractivity contribution is 5.92. The lowest BCUT2D eigenvalue weighted by atomic mass is 9.83. The Morgan fingerprint density at radius 3 is 2.57 bits per heavy atom. The molecule has 28 heavy (non-hydrogen) atoms. The van der Waals surface area contributed by atoms with Crippen molar-refractivity contribution in [2.45, 2.75) is 51.2 Å². The van der Waals surface area contributed by atoms with Crippen LogP contribution in [0.5, 0.6) is 11.5 Å². The van der Waals surface area contributed by atoms with E-state index in [1.807, 2.05) is 0 Å². The van der Waals surface area contributed by atoms with Gasteiger partial charge in [0.1, 0.15) is 5.54 Å². The molecule has 0 saturated heterocycles. The Morgan fingerprint density at radius 2 is 1.96 bits per heavy atom. The maximum atomic E-state index is 12.4. The quantitative estimate of drug-likeness (QED) is 0.678. The number of carbonyl (C=O) groups is 2. The number of alkyl halides is 2. The van der Waals surface area contributed by atoms with E-state index < -0.39 is 30.6 Å². The van der Waals surface area contributed by atoms with E-state index in [0.717, 1.165) is 19.3 Å². The van der Waals surface area contributed by atoms with E-state index >= 15 is 0 Å². The van der Waals surface area contributed by atoms with Crippen molar-refractivity contribution in [3.05, 3.63) is 23.8 Å². The van der Waals surface area contributed by atoms with Crippen LogP contribution in [0, 0.1) is 11.3 Å². The second-order valence-corrected chi connectivity index (χ2v) is 6.35. The molecule has 0 heterocycles. The first-order valence-corrected chi connectivity index (χ1v) is 9.00. The lowest BCUT2D eigenvalue weighted by molar-refractivity contribution is -0.125. The van der Waals surface area contributed by atoms with E-state index in [2.05, 4.69) is 16.1 Å². The van der Waals surface area contributed by atoms with E-state index in [4.69, 9.17) is 9.47 Å². The van der Waals surface area contributed by atoms with Crippen molar-refractivity contribution in [1.82, 2.24) is 5.32 Å². The van der Waals surface area contributed by atoms with Crippen LogP contribution in [-0.2, 0) is 9.53 Å². The van der Waals surface area contributed by atoms with E-state index in [-0.39, 0.29) is 23.7 Å². The molecule has 1 aliphatic rings. The molecule has 1 amide bonds. The van der Waals surface area contributed by atoms with Gasteiger partial charge in [-0.25, -0.2) is 4.79 Å². The number of nitrogens with one attached hydrogen (secondary N) is 1. The molecule has 1 aromatic rings. The summed E-state index contributed by atoms with van der Waals surface area (Å²) in [5, 5.41) is 12.0. The third-order valence-electron chi connectivity index (χ3n) is 4.33. The average Bonchev–Trinajstić information content (AvgIpc) is 2.68. The van der Waals surface area contributed by atoms with Crippen LogP contribution in [0.2, 0.25) is 0 Å². The van der Waals surface area contributed by atoms with Gasteiger partial charge in [-0.2, -0.15) is 14.0 Å². The Hall–Kier alpha value is -2.89. The van der Waals surface area contributed by atoms with Crippen molar-refractivity contribution in [3.8, 4) is 17.6 Å². The number of benzene rings is 1. The fourth-order valence-electron chi connectivity index (χ4n) is 3.03. The lowest BCUT2D eigenvalue weighted by Gasteiger charge is -2.31. The van der Waals surface area contributed by atoms with Gasteiger partial charge in [0.15, 0.2) is 18.1 Å². The van der Waals surface area contributed by atoms with Crippen LogP contribution >= 0.6 is 0 Å². The zero-order chi connectivity index (χ0) is 20.6. The topological polar surface area (TPSA) is 97.6 Å². The Kier molecular flexibility index (Phi) is 7.55. The second kappa shape index (κ2) is 9.88. The monoisotopic (exact) mass is 396 g/mol. The van der Waals surface area contributed by atoms with Crippen molar-refractivity contribution < 1.29 is 32.6 Å². The second-order valence-electron chi connectivity index (χ2n) is 6.35. The van der Waals surface area contributed by atoms with Crippen molar-refractivity contribution in [1.29, 1.82) is 5.26 Å². The smallest absolute Gasteiger partial charge is 0.387 e. The highest BCUT2D eigenvalue weighted by Gasteiger charge is 2.33. The van der Waals surface area contributed by atoms with Crippen molar-refractivity contribution in [2.24, 2.45) is 0 Å². The molecule has 1 aromatic carbocycles. The summed E-state index contributed by atoms with van der Waals surface area (Å²) in [5.74, 6) is -1.64. The van der Waals surface area contributed by atoms with Crippen LogP contribution in [0.3, 0.4) is 0 Å². The van der Waals surface area contributed by atoms with Crippen molar-refractivity contribution >= 4 is 11.9 Å². The van der Waals surface area contributed by atoms with Crippen molar-refractivity contribution in [2.75, 3.05) is 13.2 Å². The molecule has 1 aliphatic carbocycles. The molecule has 0 radical (unpaired) electrons. The Labute approximate surface area is 161 Å². The molecule has 152 valence electrons. The Morgan fingerprint density at radius 1 is 1.25 bits per heavy atom. The van der Waals surface area contributed by atoms with Crippen molar-refractivity contribution in [3.63, 3.8) is 0 Å². The molecule has 1 N–H and O–H groups in total. The van der Waals surface area contributed by atoms with E-state index in [9.17, 15) is 23.6 Å². The number of hydrogen-bond acceptors (Lipinski definition) is 6. The number of rotatable bonds is 8. The maximum Gasteiger partial charge on any atom is 0.387 e. The van der Waals surface area contributed by atoms with Crippen LogP contribution in [0.25, 0.3) is 0 Å². The summed E-state index contributed by atoms with van der Waals surface area (Å²) in [7, 11) is 0. The molecular formula is C19H22F2N2O5. The zero-order valence-corrected chi connectivity index (χ0v) is 15.5. The molecular weight excluding hydrogens is 374 g/mol. The third-order valence-corrected chi connectivity index (χ3v) is 4.33. The van der Waals surface area contributed by atoms with Gasteiger partial charge in [-0.05, 0) is 38.0 Å². The van der Waals surface area contributed by atoms with Gasteiger partial charge in [0.05, 0.1) is 18.2 Å². The van der Waals surface area contributed by atoms with E-state index in [0.29, 0.717) is 12.8 Å². The fraction of sp³-hybridized carbons (Fsp3) is 0.526.